The summed E-state index contributed by atoms with van der Waals surface area (Å²) in [7, 11) is 1.63. The molecule has 0 saturated heterocycles. The van der Waals surface area contributed by atoms with Gasteiger partial charge in [0.15, 0.2) is 11.6 Å². The lowest BCUT2D eigenvalue weighted by Crippen LogP contribution is -2.13. The van der Waals surface area contributed by atoms with E-state index in [1.54, 1.807) is 13.3 Å². The van der Waals surface area contributed by atoms with Gasteiger partial charge in [-0.05, 0) is 26.0 Å². The van der Waals surface area contributed by atoms with Crippen LogP contribution in [-0.4, -0.2) is 27.2 Å². The molecule has 0 saturated carbocycles. The average molecular weight is 349 g/mol. The third kappa shape index (κ3) is 2.68. The zero-order chi connectivity index (χ0) is 18.3. The summed E-state index contributed by atoms with van der Waals surface area (Å²) in [5.74, 6) is 2.56. The van der Waals surface area contributed by atoms with Crippen LogP contribution >= 0.6 is 0 Å². The number of benzene rings is 1. The highest BCUT2D eigenvalue weighted by Gasteiger charge is 2.26. The van der Waals surface area contributed by atoms with E-state index in [1.165, 1.54) is 0 Å². The normalized spacial score (nSPS) is 12.2. The summed E-state index contributed by atoms with van der Waals surface area (Å²) in [6, 6.07) is 7.63. The molecule has 0 aliphatic carbocycles. The van der Waals surface area contributed by atoms with E-state index in [9.17, 15) is 5.11 Å². The average Bonchev–Trinajstić information content (AvgIpc) is 2.67. The van der Waals surface area contributed by atoms with Gasteiger partial charge in [0.1, 0.15) is 5.75 Å². The molecule has 0 fully saturated rings. The monoisotopic (exact) mass is 349 g/mol. The Balaban J connectivity index is 1.81. The number of pyridine rings is 1. The minimum Gasteiger partial charge on any atom is -0.497 e. The molecule has 0 bridgehead atoms. The molecule has 3 aromatic rings. The van der Waals surface area contributed by atoms with Gasteiger partial charge in [0.2, 0.25) is 5.88 Å². The first-order chi connectivity index (χ1) is 12.6. The lowest BCUT2D eigenvalue weighted by atomic mass is 9.97. The van der Waals surface area contributed by atoms with Crippen LogP contribution in [0.25, 0.3) is 11.4 Å². The first-order valence-electron chi connectivity index (χ1n) is 8.38. The van der Waals surface area contributed by atoms with Gasteiger partial charge >= 0.3 is 0 Å². The van der Waals surface area contributed by atoms with Gasteiger partial charge in [0.05, 0.1) is 19.4 Å². The fraction of sp³-hybridized carbons (Fsp3) is 0.250. The summed E-state index contributed by atoms with van der Waals surface area (Å²) in [4.78, 5) is 13.6. The Bertz CT molecular complexity index is 1000. The second kappa shape index (κ2) is 6.38. The molecule has 6 nitrogen and oxygen atoms in total. The number of methoxy groups -OCH3 is 1. The van der Waals surface area contributed by atoms with Crippen LogP contribution in [0.2, 0.25) is 0 Å². The summed E-state index contributed by atoms with van der Waals surface area (Å²) in [6.45, 7) is 3.77. The highest BCUT2D eigenvalue weighted by atomic mass is 16.5. The zero-order valence-corrected chi connectivity index (χ0v) is 14.9. The molecule has 1 aliphatic heterocycles. The first-order valence-corrected chi connectivity index (χ1v) is 8.38. The van der Waals surface area contributed by atoms with Crippen LogP contribution in [0.4, 0.5) is 0 Å². The van der Waals surface area contributed by atoms with Crippen molar-refractivity contribution < 1.29 is 14.6 Å². The Labute approximate surface area is 151 Å². The van der Waals surface area contributed by atoms with Crippen molar-refractivity contribution in [2.45, 2.75) is 26.9 Å². The van der Waals surface area contributed by atoms with Crippen LogP contribution in [0.15, 0.2) is 30.5 Å². The molecule has 0 atom stereocenters. The summed E-state index contributed by atoms with van der Waals surface area (Å²) in [5.41, 5.74) is 5.16. The van der Waals surface area contributed by atoms with E-state index in [-0.39, 0.29) is 6.61 Å². The van der Waals surface area contributed by atoms with Gasteiger partial charge in [0.25, 0.3) is 0 Å². The highest BCUT2D eigenvalue weighted by Crippen LogP contribution is 2.40. The minimum atomic E-state index is -0.0733. The Kier molecular flexibility index (Phi) is 4.05. The number of aromatic nitrogens is 3. The number of hydrogen-bond acceptors (Lipinski definition) is 6. The summed E-state index contributed by atoms with van der Waals surface area (Å²) in [6.07, 6.45) is 2.32. The maximum absolute atomic E-state index is 9.61. The lowest BCUT2D eigenvalue weighted by molar-refractivity contribution is 0.278. The fourth-order valence-electron chi connectivity index (χ4n) is 3.16. The number of rotatable bonds is 3. The van der Waals surface area contributed by atoms with Gasteiger partial charge < -0.3 is 14.6 Å². The molecule has 2 aromatic heterocycles. The second-order valence-electron chi connectivity index (χ2n) is 6.26. The van der Waals surface area contributed by atoms with Crippen LogP contribution in [0.3, 0.4) is 0 Å². The van der Waals surface area contributed by atoms with Crippen molar-refractivity contribution in [1.82, 2.24) is 15.0 Å². The number of ether oxygens (including phenoxy) is 2. The van der Waals surface area contributed by atoms with E-state index >= 15 is 0 Å². The summed E-state index contributed by atoms with van der Waals surface area (Å²) < 4.78 is 11.4. The largest absolute Gasteiger partial charge is 0.497 e. The minimum absolute atomic E-state index is 0.0733. The third-order valence-corrected chi connectivity index (χ3v) is 4.63. The molecular formula is C20H19N3O3. The summed E-state index contributed by atoms with van der Waals surface area (Å²) in [5, 5.41) is 9.61. The van der Waals surface area contributed by atoms with Crippen LogP contribution in [0.5, 0.6) is 17.4 Å². The Morgan fingerprint density at radius 2 is 2.00 bits per heavy atom. The Morgan fingerprint density at radius 1 is 1.15 bits per heavy atom. The van der Waals surface area contributed by atoms with E-state index in [2.05, 4.69) is 15.0 Å². The molecule has 1 aromatic carbocycles. The molecule has 1 N–H and O–H groups in total. The number of aryl methyl sites for hydroxylation is 2. The van der Waals surface area contributed by atoms with Crippen molar-refractivity contribution in [3.8, 4) is 28.8 Å². The maximum Gasteiger partial charge on any atom is 0.226 e. The van der Waals surface area contributed by atoms with Gasteiger partial charge in [-0.2, -0.15) is 4.98 Å². The van der Waals surface area contributed by atoms with Gasteiger partial charge in [-0.25, -0.2) is 4.98 Å². The van der Waals surface area contributed by atoms with Crippen molar-refractivity contribution in [2.75, 3.05) is 7.11 Å². The third-order valence-electron chi connectivity index (χ3n) is 4.63. The van der Waals surface area contributed by atoms with E-state index in [1.807, 2.05) is 38.1 Å². The molecule has 1 aliphatic rings. The van der Waals surface area contributed by atoms with Crippen molar-refractivity contribution in [1.29, 1.82) is 0 Å². The smallest absolute Gasteiger partial charge is 0.226 e. The maximum atomic E-state index is 9.61. The van der Waals surface area contributed by atoms with Gasteiger partial charge in [0, 0.05) is 40.6 Å². The number of fused-ring (bicyclic) bond motifs is 2. The first kappa shape index (κ1) is 16.5. The molecular weight excluding hydrogens is 330 g/mol. The quantitative estimate of drug-likeness (QED) is 0.611. The number of hydrogen-bond donors (Lipinski definition) is 1. The second-order valence-corrected chi connectivity index (χ2v) is 6.26. The van der Waals surface area contributed by atoms with Crippen LogP contribution in [0, 0.1) is 13.8 Å². The van der Waals surface area contributed by atoms with E-state index in [0.717, 1.165) is 39.4 Å². The number of aliphatic hydroxyl groups excluding tert-OH is 1. The van der Waals surface area contributed by atoms with E-state index in [0.29, 0.717) is 23.9 Å². The molecule has 4 rings (SSSR count). The molecule has 0 radical (unpaired) electrons. The van der Waals surface area contributed by atoms with Crippen molar-refractivity contribution in [3.63, 3.8) is 0 Å². The number of nitrogens with zero attached hydrogens (tertiary/aromatic N) is 3. The van der Waals surface area contributed by atoms with Crippen LogP contribution in [0.1, 0.15) is 28.1 Å². The lowest BCUT2D eigenvalue weighted by Gasteiger charge is -2.23. The van der Waals surface area contributed by atoms with Gasteiger partial charge in [-0.15, -0.1) is 0 Å². The van der Waals surface area contributed by atoms with Crippen molar-refractivity contribution >= 4 is 0 Å². The topological polar surface area (TPSA) is 77.4 Å². The Morgan fingerprint density at radius 3 is 2.77 bits per heavy atom. The molecule has 0 unspecified atom stereocenters. The standard InChI is InChI=1S/C20H19N3O3/c1-11-16-8-17-14(10-24)9-21-12(2)18(17)26-20(16)23-19(22-11)13-5-4-6-15(7-13)25-3/h4-7,9,24H,8,10H2,1-3H3. The number of aliphatic hydroxyl groups is 1. The predicted octanol–water partition coefficient (Wildman–Crippen LogP) is 3.35. The van der Waals surface area contributed by atoms with Crippen LogP contribution < -0.4 is 9.47 Å². The SMILES string of the molecule is COc1cccc(-c2nc(C)c3c(n2)Oc2c(C)ncc(CO)c2C3)c1. The van der Waals surface area contributed by atoms with Crippen molar-refractivity contribution in [3.05, 3.63) is 58.5 Å². The van der Waals surface area contributed by atoms with E-state index < -0.39 is 0 Å². The molecule has 3 heterocycles. The molecule has 6 heteroatoms. The summed E-state index contributed by atoms with van der Waals surface area (Å²) >= 11 is 0. The highest BCUT2D eigenvalue weighted by molar-refractivity contribution is 5.61. The predicted molar refractivity (Wildman–Crippen MR) is 96.5 cm³/mol. The van der Waals surface area contributed by atoms with Gasteiger partial charge in [-0.1, -0.05) is 12.1 Å². The molecule has 132 valence electrons. The molecule has 26 heavy (non-hydrogen) atoms. The van der Waals surface area contributed by atoms with Crippen LogP contribution in [-0.2, 0) is 13.0 Å². The zero-order valence-electron chi connectivity index (χ0n) is 14.9. The van der Waals surface area contributed by atoms with E-state index in [4.69, 9.17) is 9.47 Å². The Hall–Kier alpha value is -2.99. The molecule has 0 amide bonds. The molecule has 0 spiro atoms. The fourth-order valence-corrected chi connectivity index (χ4v) is 3.16. The van der Waals surface area contributed by atoms with Gasteiger partial charge in [-0.3, -0.25) is 4.98 Å². The van der Waals surface area contributed by atoms with Crippen molar-refractivity contribution in [2.24, 2.45) is 0 Å².